The number of ether oxygens (including phenoxy) is 3. The monoisotopic (exact) mass is 238 g/mol. The SMILES string of the molecule is CCO[C@H](COCc1ccccc1)OC(C)=O. The summed E-state index contributed by atoms with van der Waals surface area (Å²) in [5.74, 6) is -0.369. The molecule has 0 aliphatic heterocycles. The van der Waals surface area contributed by atoms with Crippen LogP contribution in [0.5, 0.6) is 0 Å². The number of rotatable bonds is 7. The third-order valence-electron chi connectivity index (χ3n) is 2.02. The van der Waals surface area contributed by atoms with Crippen molar-refractivity contribution in [1.82, 2.24) is 0 Å². The van der Waals surface area contributed by atoms with Crippen molar-refractivity contribution in [3.8, 4) is 0 Å². The fraction of sp³-hybridized carbons (Fsp3) is 0.462. The van der Waals surface area contributed by atoms with Crippen LogP contribution in [0.2, 0.25) is 0 Å². The van der Waals surface area contributed by atoms with E-state index in [2.05, 4.69) is 0 Å². The van der Waals surface area contributed by atoms with E-state index in [1.54, 1.807) is 0 Å². The normalized spacial score (nSPS) is 12.1. The van der Waals surface area contributed by atoms with Gasteiger partial charge in [0, 0.05) is 13.5 Å². The first-order valence-electron chi connectivity index (χ1n) is 5.63. The molecule has 0 spiro atoms. The molecular weight excluding hydrogens is 220 g/mol. The first-order valence-corrected chi connectivity index (χ1v) is 5.63. The summed E-state index contributed by atoms with van der Waals surface area (Å²) < 4.78 is 15.6. The van der Waals surface area contributed by atoms with E-state index in [9.17, 15) is 4.79 Å². The van der Waals surface area contributed by atoms with Gasteiger partial charge in [-0.15, -0.1) is 0 Å². The lowest BCUT2D eigenvalue weighted by Gasteiger charge is -2.16. The summed E-state index contributed by atoms with van der Waals surface area (Å²) in [4.78, 5) is 10.8. The number of carbonyl (C=O) groups is 1. The van der Waals surface area contributed by atoms with Gasteiger partial charge in [0.25, 0.3) is 0 Å². The molecule has 1 aromatic carbocycles. The minimum atomic E-state index is -0.624. The molecule has 0 aliphatic carbocycles. The standard InChI is InChI=1S/C13H18O4/c1-3-16-13(17-11(2)14)10-15-9-12-7-5-4-6-8-12/h4-8,13H,3,9-10H2,1-2H3/t13-/m0/s1. The molecule has 0 unspecified atom stereocenters. The van der Waals surface area contributed by atoms with Gasteiger partial charge >= 0.3 is 5.97 Å². The molecule has 0 saturated heterocycles. The summed E-state index contributed by atoms with van der Waals surface area (Å²) >= 11 is 0. The lowest BCUT2D eigenvalue weighted by atomic mass is 10.2. The van der Waals surface area contributed by atoms with Gasteiger partial charge < -0.3 is 14.2 Å². The van der Waals surface area contributed by atoms with Crippen LogP contribution in [0.25, 0.3) is 0 Å². The molecule has 4 nitrogen and oxygen atoms in total. The Morgan fingerprint density at radius 3 is 2.59 bits per heavy atom. The van der Waals surface area contributed by atoms with Crippen LogP contribution in [-0.4, -0.2) is 25.5 Å². The average molecular weight is 238 g/mol. The van der Waals surface area contributed by atoms with Crippen molar-refractivity contribution in [2.24, 2.45) is 0 Å². The molecular formula is C13H18O4. The minimum Gasteiger partial charge on any atom is -0.433 e. The third kappa shape index (κ3) is 6.04. The van der Waals surface area contributed by atoms with Gasteiger partial charge in [0.2, 0.25) is 6.29 Å². The zero-order valence-corrected chi connectivity index (χ0v) is 10.2. The molecule has 1 aromatic rings. The fourth-order valence-corrected chi connectivity index (χ4v) is 1.33. The first kappa shape index (κ1) is 13.7. The van der Waals surface area contributed by atoms with E-state index in [1.807, 2.05) is 37.3 Å². The quantitative estimate of drug-likeness (QED) is 0.539. The van der Waals surface area contributed by atoms with E-state index in [0.29, 0.717) is 13.2 Å². The second-order valence-corrected chi connectivity index (χ2v) is 3.50. The van der Waals surface area contributed by atoms with Gasteiger partial charge in [-0.2, -0.15) is 0 Å². The third-order valence-corrected chi connectivity index (χ3v) is 2.02. The highest BCUT2D eigenvalue weighted by Crippen LogP contribution is 2.03. The Morgan fingerprint density at radius 2 is 2.00 bits per heavy atom. The number of hydrogen-bond acceptors (Lipinski definition) is 4. The molecule has 0 radical (unpaired) electrons. The molecule has 4 heteroatoms. The molecule has 94 valence electrons. The Morgan fingerprint density at radius 1 is 1.29 bits per heavy atom. The van der Waals surface area contributed by atoms with Crippen LogP contribution >= 0.6 is 0 Å². The van der Waals surface area contributed by atoms with Crippen molar-refractivity contribution in [3.63, 3.8) is 0 Å². The minimum absolute atomic E-state index is 0.238. The first-order chi connectivity index (χ1) is 8.22. The van der Waals surface area contributed by atoms with E-state index < -0.39 is 6.29 Å². The van der Waals surface area contributed by atoms with Gasteiger partial charge in [0.05, 0.1) is 6.61 Å². The number of benzene rings is 1. The second kappa shape index (κ2) is 7.81. The van der Waals surface area contributed by atoms with Gasteiger partial charge in [-0.25, -0.2) is 0 Å². The maximum Gasteiger partial charge on any atom is 0.305 e. The van der Waals surface area contributed by atoms with E-state index in [-0.39, 0.29) is 12.6 Å². The van der Waals surface area contributed by atoms with Crippen LogP contribution in [-0.2, 0) is 25.6 Å². The number of esters is 1. The molecule has 0 heterocycles. The molecule has 0 saturated carbocycles. The molecule has 0 N–H and O–H groups in total. The summed E-state index contributed by atoms with van der Waals surface area (Å²) in [7, 11) is 0. The second-order valence-electron chi connectivity index (χ2n) is 3.50. The molecule has 17 heavy (non-hydrogen) atoms. The summed E-state index contributed by atoms with van der Waals surface area (Å²) in [6.07, 6.45) is -0.624. The van der Waals surface area contributed by atoms with Crippen LogP contribution < -0.4 is 0 Å². The van der Waals surface area contributed by atoms with Gasteiger partial charge in [-0.3, -0.25) is 4.79 Å². The van der Waals surface area contributed by atoms with Crippen LogP contribution in [0, 0.1) is 0 Å². The van der Waals surface area contributed by atoms with Gasteiger partial charge in [-0.05, 0) is 12.5 Å². The zero-order chi connectivity index (χ0) is 12.5. The predicted octanol–water partition coefficient (Wildman–Crippen LogP) is 2.13. The number of carbonyl (C=O) groups excluding carboxylic acids is 1. The molecule has 0 bridgehead atoms. The Labute approximate surface area is 101 Å². The van der Waals surface area contributed by atoms with E-state index >= 15 is 0 Å². The molecule has 0 aromatic heterocycles. The van der Waals surface area contributed by atoms with Crippen molar-refractivity contribution < 1.29 is 19.0 Å². The van der Waals surface area contributed by atoms with E-state index in [1.165, 1.54) is 6.92 Å². The molecule has 0 aliphatic rings. The van der Waals surface area contributed by atoms with Gasteiger partial charge in [0.1, 0.15) is 6.61 Å². The van der Waals surface area contributed by atoms with E-state index in [0.717, 1.165) is 5.56 Å². The van der Waals surface area contributed by atoms with Crippen molar-refractivity contribution in [2.75, 3.05) is 13.2 Å². The Balaban J connectivity index is 2.29. The highest BCUT2D eigenvalue weighted by molar-refractivity contribution is 5.66. The summed E-state index contributed by atoms with van der Waals surface area (Å²) in [5, 5.41) is 0. The predicted molar refractivity (Wildman–Crippen MR) is 63.3 cm³/mol. The summed E-state index contributed by atoms with van der Waals surface area (Å²) in [6.45, 7) is 4.39. The summed E-state index contributed by atoms with van der Waals surface area (Å²) in [5.41, 5.74) is 1.07. The molecule has 0 fully saturated rings. The van der Waals surface area contributed by atoms with Crippen LogP contribution in [0.4, 0.5) is 0 Å². The summed E-state index contributed by atoms with van der Waals surface area (Å²) in [6, 6.07) is 9.80. The van der Waals surface area contributed by atoms with Crippen molar-refractivity contribution in [1.29, 1.82) is 0 Å². The smallest absolute Gasteiger partial charge is 0.305 e. The van der Waals surface area contributed by atoms with Gasteiger partial charge in [0.15, 0.2) is 0 Å². The van der Waals surface area contributed by atoms with Gasteiger partial charge in [-0.1, -0.05) is 30.3 Å². The van der Waals surface area contributed by atoms with Crippen molar-refractivity contribution >= 4 is 5.97 Å². The van der Waals surface area contributed by atoms with Crippen LogP contribution in [0.3, 0.4) is 0 Å². The Hall–Kier alpha value is -1.39. The lowest BCUT2D eigenvalue weighted by molar-refractivity contribution is -0.188. The van der Waals surface area contributed by atoms with Crippen molar-refractivity contribution in [2.45, 2.75) is 26.7 Å². The van der Waals surface area contributed by atoms with Crippen molar-refractivity contribution in [3.05, 3.63) is 35.9 Å². The maximum absolute atomic E-state index is 10.8. The van der Waals surface area contributed by atoms with Crippen LogP contribution in [0.1, 0.15) is 19.4 Å². The molecule has 1 atom stereocenters. The molecule has 1 rings (SSSR count). The number of hydrogen-bond donors (Lipinski definition) is 0. The largest absolute Gasteiger partial charge is 0.433 e. The van der Waals surface area contributed by atoms with Crippen LogP contribution in [0.15, 0.2) is 30.3 Å². The maximum atomic E-state index is 10.8. The zero-order valence-electron chi connectivity index (χ0n) is 10.2. The molecule has 0 amide bonds. The lowest BCUT2D eigenvalue weighted by Crippen LogP contribution is -2.25. The Kier molecular flexibility index (Phi) is 6.29. The Bertz CT molecular complexity index is 323. The topological polar surface area (TPSA) is 44.8 Å². The average Bonchev–Trinajstić information content (AvgIpc) is 2.30. The highest BCUT2D eigenvalue weighted by Gasteiger charge is 2.11. The highest BCUT2D eigenvalue weighted by atomic mass is 16.7. The fourth-order valence-electron chi connectivity index (χ4n) is 1.33. The van der Waals surface area contributed by atoms with E-state index in [4.69, 9.17) is 14.2 Å².